The number of methoxy groups -OCH3 is 1. The molecule has 0 saturated carbocycles. The minimum absolute atomic E-state index is 0.268. The minimum Gasteiger partial charge on any atom is -0.495 e. The number of carbonyl (C=O) groups excluding carboxylic acids is 1. The number of hydrogen-bond donors (Lipinski definition) is 1. The van der Waals surface area contributed by atoms with E-state index in [4.69, 9.17) is 16.3 Å². The van der Waals surface area contributed by atoms with Gasteiger partial charge in [-0.15, -0.1) is 11.3 Å². The molecule has 0 unspecified atom stereocenters. The van der Waals surface area contributed by atoms with Crippen molar-refractivity contribution in [2.24, 2.45) is 0 Å². The third kappa shape index (κ3) is 4.18. The molecule has 1 amide bonds. The summed E-state index contributed by atoms with van der Waals surface area (Å²) in [7, 11) is -0.340. The minimum atomic E-state index is -3.35. The van der Waals surface area contributed by atoms with Crippen LogP contribution in [0, 0.1) is 0 Å². The zero-order valence-electron chi connectivity index (χ0n) is 14.8. The Kier molecular flexibility index (Phi) is 5.32. The van der Waals surface area contributed by atoms with E-state index < -0.39 is 10.0 Å². The Morgan fingerprint density at radius 3 is 2.56 bits per heavy atom. The third-order valence-corrected chi connectivity index (χ3v) is 6.61. The zero-order chi connectivity index (χ0) is 19.8. The van der Waals surface area contributed by atoms with Crippen LogP contribution in [0.4, 0.5) is 11.4 Å². The molecule has 0 radical (unpaired) electrons. The van der Waals surface area contributed by atoms with E-state index >= 15 is 0 Å². The molecule has 2 aromatic carbocycles. The average molecular weight is 425 g/mol. The van der Waals surface area contributed by atoms with Gasteiger partial charge < -0.3 is 10.1 Å². The molecule has 1 N–H and O–H groups in total. The van der Waals surface area contributed by atoms with Crippen LogP contribution in [0.25, 0.3) is 10.1 Å². The molecule has 1 heterocycles. The molecule has 1 aromatic heterocycles. The molecule has 142 valence electrons. The standard InChI is InChI=1S/C18H17ClN2O4S2/c1-21(27(3,23)24)13-5-7-16-11(8-13)9-17(26-16)18(22)20-12-4-6-15(25-2)14(19)10-12/h4-10H,1-3H3,(H,20,22). The van der Waals surface area contributed by atoms with Gasteiger partial charge in [-0.05, 0) is 47.9 Å². The second-order valence-corrected chi connectivity index (χ2v) is 9.37. The number of thiophene rings is 1. The molecule has 9 heteroatoms. The summed E-state index contributed by atoms with van der Waals surface area (Å²) < 4.78 is 30.6. The van der Waals surface area contributed by atoms with Crippen molar-refractivity contribution in [3.05, 3.63) is 52.4 Å². The number of nitrogens with zero attached hydrogens (tertiary/aromatic N) is 1. The van der Waals surface area contributed by atoms with Gasteiger partial charge in [-0.25, -0.2) is 8.42 Å². The van der Waals surface area contributed by atoms with Gasteiger partial charge >= 0.3 is 0 Å². The summed E-state index contributed by atoms with van der Waals surface area (Å²) in [5, 5.41) is 4.00. The Morgan fingerprint density at radius 1 is 1.19 bits per heavy atom. The maximum absolute atomic E-state index is 12.5. The van der Waals surface area contributed by atoms with Gasteiger partial charge in [0.05, 0.1) is 29.0 Å². The maximum atomic E-state index is 12.5. The Balaban J connectivity index is 1.86. The Bertz CT molecular complexity index is 1130. The van der Waals surface area contributed by atoms with Crippen molar-refractivity contribution in [2.45, 2.75) is 0 Å². The van der Waals surface area contributed by atoms with Gasteiger partial charge in [-0.2, -0.15) is 0 Å². The fourth-order valence-electron chi connectivity index (χ4n) is 2.47. The number of fused-ring (bicyclic) bond motifs is 1. The lowest BCUT2D eigenvalue weighted by molar-refractivity contribution is 0.103. The molecule has 0 bridgehead atoms. The van der Waals surface area contributed by atoms with Crippen LogP contribution in [0.15, 0.2) is 42.5 Å². The molecule has 6 nitrogen and oxygen atoms in total. The first kappa shape index (κ1) is 19.5. The maximum Gasteiger partial charge on any atom is 0.265 e. The van der Waals surface area contributed by atoms with Crippen molar-refractivity contribution in [3.63, 3.8) is 0 Å². The van der Waals surface area contributed by atoms with Crippen LogP contribution in [0.2, 0.25) is 5.02 Å². The molecule has 0 aliphatic rings. The van der Waals surface area contributed by atoms with Gasteiger partial charge in [-0.1, -0.05) is 11.6 Å². The number of carbonyl (C=O) groups is 1. The first-order chi connectivity index (χ1) is 12.7. The highest BCUT2D eigenvalue weighted by molar-refractivity contribution is 7.92. The summed E-state index contributed by atoms with van der Waals surface area (Å²) in [6.07, 6.45) is 1.14. The van der Waals surface area contributed by atoms with Gasteiger partial charge in [-0.3, -0.25) is 9.10 Å². The summed E-state index contributed by atoms with van der Waals surface area (Å²) in [6.45, 7) is 0. The van der Waals surface area contributed by atoms with E-state index in [1.165, 1.54) is 29.8 Å². The number of rotatable bonds is 5. The van der Waals surface area contributed by atoms with Crippen molar-refractivity contribution in [3.8, 4) is 5.75 Å². The third-order valence-electron chi connectivity index (χ3n) is 3.99. The summed E-state index contributed by atoms with van der Waals surface area (Å²) in [5.41, 5.74) is 1.09. The molecular formula is C18H17ClN2O4S2. The highest BCUT2D eigenvalue weighted by Gasteiger charge is 2.15. The van der Waals surface area contributed by atoms with E-state index in [9.17, 15) is 13.2 Å². The van der Waals surface area contributed by atoms with Crippen LogP contribution in [0.3, 0.4) is 0 Å². The van der Waals surface area contributed by atoms with Crippen LogP contribution < -0.4 is 14.4 Å². The molecule has 0 aliphatic heterocycles. The van der Waals surface area contributed by atoms with Crippen molar-refractivity contribution in [2.75, 3.05) is 30.0 Å². The highest BCUT2D eigenvalue weighted by Crippen LogP contribution is 2.31. The Morgan fingerprint density at radius 2 is 1.93 bits per heavy atom. The highest BCUT2D eigenvalue weighted by atomic mass is 35.5. The smallest absolute Gasteiger partial charge is 0.265 e. The zero-order valence-corrected chi connectivity index (χ0v) is 17.2. The predicted molar refractivity (Wildman–Crippen MR) is 111 cm³/mol. The summed E-state index contributed by atoms with van der Waals surface area (Å²) in [6, 6.07) is 12.0. The lowest BCUT2D eigenvalue weighted by Gasteiger charge is -2.16. The molecule has 3 rings (SSSR count). The van der Waals surface area contributed by atoms with E-state index in [1.807, 2.05) is 0 Å². The van der Waals surface area contributed by atoms with E-state index in [2.05, 4.69) is 5.32 Å². The van der Waals surface area contributed by atoms with Crippen LogP contribution in [0.5, 0.6) is 5.75 Å². The van der Waals surface area contributed by atoms with Gasteiger partial charge in [0, 0.05) is 17.4 Å². The van der Waals surface area contributed by atoms with Crippen LogP contribution in [0.1, 0.15) is 9.67 Å². The number of benzene rings is 2. The molecule has 0 saturated heterocycles. The molecular weight excluding hydrogens is 408 g/mol. The van der Waals surface area contributed by atoms with Gasteiger partial charge in [0.2, 0.25) is 10.0 Å². The monoisotopic (exact) mass is 424 g/mol. The lowest BCUT2D eigenvalue weighted by atomic mass is 10.2. The van der Waals surface area contributed by atoms with Crippen LogP contribution in [-0.4, -0.2) is 34.7 Å². The number of anilines is 2. The van der Waals surface area contributed by atoms with E-state index in [1.54, 1.807) is 42.5 Å². The normalized spacial score (nSPS) is 11.4. The van der Waals surface area contributed by atoms with E-state index in [0.717, 1.165) is 16.3 Å². The van der Waals surface area contributed by atoms with Crippen molar-refractivity contribution >= 4 is 60.3 Å². The van der Waals surface area contributed by atoms with Crippen LogP contribution in [-0.2, 0) is 10.0 Å². The predicted octanol–water partition coefficient (Wildman–Crippen LogP) is 4.21. The van der Waals surface area contributed by atoms with E-state index in [-0.39, 0.29) is 5.91 Å². The quantitative estimate of drug-likeness (QED) is 0.665. The topological polar surface area (TPSA) is 75.7 Å². The molecule has 0 spiro atoms. The second-order valence-electron chi connectivity index (χ2n) is 5.87. The Labute approximate surface area is 166 Å². The molecule has 27 heavy (non-hydrogen) atoms. The fourth-order valence-corrected chi connectivity index (χ4v) is 4.16. The number of sulfonamides is 1. The molecule has 0 aliphatic carbocycles. The fraction of sp³-hybridized carbons (Fsp3) is 0.167. The molecule has 0 atom stereocenters. The summed E-state index contributed by atoms with van der Waals surface area (Å²) in [4.78, 5) is 13.1. The van der Waals surface area contributed by atoms with Crippen molar-refractivity contribution in [1.29, 1.82) is 0 Å². The van der Waals surface area contributed by atoms with Gasteiger partial charge in [0.25, 0.3) is 5.91 Å². The number of hydrogen-bond acceptors (Lipinski definition) is 5. The Hall–Kier alpha value is -2.29. The molecule has 0 fully saturated rings. The molecule has 3 aromatic rings. The number of nitrogens with one attached hydrogen (secondary N) is 1. The number of amides is 1. The van der Waals surface area contributed by atoms with E-state index in [0.29, 0.717) is 27.0 Å². The first-order valence-electron chi connectivity index (χ1n) is 7.81. The summed E-state index contributed by atoms with van der Waals surface area (Å²) >= 11 is 7.41. The number of ether oxygens (including phenoxy) is 1. The van der Waals surface area contributed by atoms with Crippen LogP contribution >= 0.6 is 22.9 Å². The number of halogens is 1. The first-order valence-corrected chi connectivity index (χ1v) is 10.9. The summed E-state index contributed by atoms with van der Waals surface area (Å²) in [5.74, 6) is 0.259. The van der Waals surface area contributed by atoms with Crippen molar-refractivity contribution in [1.82, 2.24) is 0 Å². The second kappa shape index (κ2) is 7.38. The largest absolute Gasteiger partial charge is 0.495 e. The SMILES string of the molecule is COc1ccc(NC(=O)c2cc3cc(N(C)S(C)(=O)=O)ccc3s2)cc1Cl. The lowest BCUT2D eigenvalue weighted by Crippen LogP contribution is -2.24. The average Bonchev–Trinajstić information content (AvgIpc) is 3.03. The van der Waals surface area contributed by atoms with Gasteiger partial charge in [0.1, 0.15) is 5.75 Å². The van der Waals surface area contributed by atoms with Gasteiger partial charge in [0.15, 0.2) is 0 Å². The van der Waals surface area contributed by atoms with Crippen molar-refractivity contribution < 1.29 is 17.9 Å².